The van der Waals surface area contributed by atoms with E-state index in [4.69, 9.17) is 16.2 Å². The van der Waals surface area contributed by atoms with Gasteiger partial charge in [-0.25, -0.2) is 0 Å². The Hall–Kier alpha value is -3.68. The largest absolute Gasteiger partial charge is 0.481 e. The molecule has 1 saturated carbocycles. The van der Waals surface area contributed by atoms with E-state index in [9.17, 15) is 14.4 Å². The van der Waals surface area contributed by atoms with Crippen molar-refractivity contribution in [2.75, 3.05) is 5.32 Å². The lowest BCUT2D eigenvalue weighted by atomic mass is 10.0. The average molecular weight is 394 g/mol. The van der Waals surface area contributed by atoms with Crippen LogP contribution in [0.15, 0.2) is 54.6 Å². The number of rotatable bonds is 8. The van der Waals surface area contributed by atoms with Crippen LogP contribution in [0.25, 0.3) is 0 Å². The van der Waals surface area contributed by atoms with E-state index in [-0.39, 0.29) is 24.1 Å². The van der Waals surface area contributed by atoms with Crippen LogP contribution < -0.4 is 16.4 Å². The summed E-state index contributed by atoms with van der Waals surface area (Å²) >= 11 is 0. The molecule has 0 bridgehead atoms. The Kier molecular flexibility index (Phi) is 5.92. The van der Waals surface area contributed by atoms with Crippen LogP contribution in [-0.2, 0) is 14.4 Å². The van der Waals surface area contributed by atoms with Gasteiger partial charge in [-0.15, -0.1) is 0 Å². The SMILES string of the molecule is N=C(N)c1ccc(NC(=O)C2CC2C(=O)NC(CC(=O)O)c2ccccc2)cc1. The molecule has 0 aliphatic heterocycles. The van der Waals surface area contributed by atoms with E-state index >= 15 is 0 Å². The molecule has 1 aliphatic carbocycles. The summed E-state index contributed by atoms with van der Waals surface area (Å²) < 4.78 is 0. The summed E-state index contributed by atoms with van der Waals surface area (Å²) in [5.74, 6) is -2.60. The van der Waals surface area contributed by atoms with E-state index in [0.29, 0.717) is 23.2 Å². The number of benzene rings is 2. The second-order valence-electron chi connectivity index (χ2n) is 7.00. The lowest BCUT2D eigenvalue weighted by Gasteiger charge is -2.17. The van der Waals surface area contributed by atoms with Crippen molar-refractivity contribution in [2.45, 2.75) is 18.9 Å². The predicted octanol–water partition coefficient (Wildman–Crippen LogP) is 1.88. The number of carbonyl (C=O) groups excluding carboxylic acids is 2. The maximum absolute atomic E-state index is 12.5. The third-order valence-electron chi connectivity index (χ3n) is 4.82. The topological polar surface area (TPSA) is 145 Å². The minimum absolute atomic E-state index is 0.0591. The van der Waals surface area contributed by atoms with Crippen molar-refractivity contribution in [3.63, 3.8) is 0 Å². The number of hydrogen-bond donors (Lipinski definition) is 5. The standard InChI is InChI=1S/C21H22N4O4/c22-19(23)13-6-8-14(9-7-13)24-20(28)15-10-16(15)21(29)25-17(11-18(26)27)12-4-2-1-3-5-12/h1-9,15-17H,10-11H2,(H3,22,23)(H,24,28)(H,25,29)(H,26,27). The quantitative estimate of drug-likeness (QED) is 0.343. The number of nitrogens with two attached hydrogens (primary N) is 1. The Morgan fingerprint density at radius 1 is 1.03 bits per heavy atom. The number of carboxylic acid groups (broad SMARTS) is 1. The summed E-state index contributed by atoms with van der Waals surface area (Å²) in [4.78, 5) is 36.1. The maximum Gasteiger partial charge on any atom is 0.305 e. The molecule has 2 amide bonds. The summed E-state index contributed by atoms with van der Waals surface area (Å²) in [6.07, 6.45) is 0.180. The number of carboxylic acids is 1. The number of nitrogen functional groups attached to an aromatic ring is 1. The third-order valence-corrected chi connectivity index (χ3v) is 4.82. The fraction of sp³-hybridized carbons (Fsp3) is 0.238. The molecule has 150 valence electrons. The van der Waals surface area contributed by atoms with E-state index in [1.807, 2.05) is 6.07 Å². The van der Waals surface area contributed by atoms with Crippen LogP contribution in [0.1, 0.15) is 30.0 Å². The molecular formula is C21H22N4O4. The van der Waals surface area contributed by atoms with Crippen LogP contribution in [0.2, 0.25) is 0 Å². The van der Waals surface area contributed by atoms with Gasteiger partial charge in [0.25, 0.3) is 0 Å². The van der Waals surface area contributed by atoms with Crippen LogP contribution in [-0.4, -0.2) is 28.7 Å². The van der Waals surface area contributed by atoms with Gasteiger partial charge >= 0.3 is 5.97 Å². The molecule has 29 heavy (non-hydrogen) atoms. The molecular weight excluding hydrogens is 372 g/mol. The molecule has 8 nitrogen and oxygen atoms in total. The lowest BCUT2D eigenvalue weighted by molar-refractivity contribution is -0.138. The van der Waals surface area contributed by atoms with Crippen LogP contribution in [0.5, 0.6) is 0 Å². The number of nitrogens with one attached hydrogen (secondary N) is 3. The van der Waals surface area contributed by atoms with Gasteiger partial charge in [-0.05, 0) is 36.2 Å². The fourth-order valence-electron chi connectivity index (χ4n) is 3.13. The maximum atomic E-state index is 12.5. The summed E-state index contributed by atoms with van der Waals surface area (Å²) in [6, 6.07) is 14.8. The number of aliphatic carboxylic acids is 1. The smallest absolute Gasteiger partial charge is 0.305 e. The predicted molar refractivity (Wildman–Crippen MR) is 107 cm³/mol. The Morgan fingerprint density at radius 2 is 1.66 bits per heavy atom. The van der Waals surface area contributed by atoms with Gasteiger partial charge in [0.2, 0.25) is 11.8 Å². The number of carbonyl (C=O) groups is 3. The molecule has 0 saturated heterocycles. The molecule has 6 N–H and O–H groups in total. The van der Waals surface area contributed by atoms with Gasteiger partial charge in [-0.1, -0.05) is 30.3 Å². The number of amidine groups is 1. The van der Waals surface area contributed by atoms with Gasteiger partial charge in [0, 0.05) is 11.3 Å². The Bertz CT molecular complexity index is 927. The van der Waals surface area contributed by atoms with E-state index in [2.05, 4.69) is 10.6 Å². The number of anilines is 1. The van der Waals surface area contributed by atoms with Crippen molar-refractivity contribution in [3.8, 4) is 0 Å². The van der Waals surface area contributed by atoms with Crippen molar-refractivity contribution in [3.05, 3.63) is 65.7 Å². The van der Waals surface area contributed by atoms with Gasteiger partial charge in [0.15, 0.2) is 0 Å². The first-order valence-electron chi connectivity index (χ1n) is 9.17. The summed E-state index contributed by atoms with van der Waals surface area (Å²) in [7, 11) is 0. The van der Waals surface area contributed by atoms with E-state index in [1.165, 1.54) is 0 Å². The molecule has 8 heteroatoms. The molecule has 1 fully saturated rings. The monoisotopic (exact) mass is 394 g/mol. The highest BCUT2D eigenvalue weighted by atomic mass is 16.4. The van der Waals surface area contributed by atoms with E-state index in [0.717, 1.165) is 0 Å². The van der Waals surface area contributed by atoms with Crippen molar-refractivity contribution in [1.29, 1.82) is 5.41 Å². The summed E-state index contributed by atoms with van der Waals surface area (Å²) in [5, 5.41) is 22.0. The molecule has 3 unspecified atom stereocenters. The Morgan fingerprint density at radius 3 is 2.24 bits per heavy atom. The van der Waals surface area contributed by atoms with Crippen molar-refractivity contribution >= 4 is 29.3 Å². The van der Waals surface area contributed by atoms with Gasteiger partial charge in [0.05, 0.1) is 24.3 Å². The molecule has 0 spiro atoms. The highest BCUT2D eigenvalue weighted by Gasteiger charge is 2.48. The molecule has 3 atom stereocenters. The highest BCUT2D eigenvalue weighted by molar-refractivity contribution is 6.00. The second kappa shape index (κ2) is 8.55. The van der Waals surface area contributed by atoms with Crippen molar-refractivity contribution < 1.29 is 19.5 Å². The van der Waals surface area contributed by atoms with Crippen molar-refractivity contribution in [1.82, 2.24) is 5.32 Å². The molecule has 0 heterocycles. The minimum Gasteiger partial charge on any atom is -0.481 e. The normalized spacial score (nSPS) is 18.3. The second-order valence-corrected chi connectivity index (χ2v) is 7.00. The molecule has 2 aromatic carbocycles. The van der Waals surface area contributed by atoms with Gasteiger partial charge in [-0.3, -0.25) is 19.8 Å². The number of amides is 2. The number of hydrogen-bond acceptors (Lipinski definition) is 4. The minimum atomic E-state index is -1.02. The zero-order valence-corrected chi connectivity index (χ0v) is 15.6. The van der Waals surface area contributed by atoms with Gasteiger partial charge < -0.3 is 21.5 Å². The van der Waals surface area contributed by atoms with Gasteiger partial charge in [-0.2, -0.15) is 0 Å². The molecule has 0 radical (unpaired) electrons. The Balaban J connectivity index is 1.57. The van der Waals surface area contributed by atoms with Crippen LogP contribution >= 0.6 is 0 Å². The Labute approximate surface area is 167 Å². The van der Waals surface area contributed by atoms with Crippen molar-refractivity contribution in [2.24, 2.45) is 17.6 Å². The van der Waals surface area contributed by atoms with Crippen LogP contribution in [0.4, 0.5) is 5.69 Å². The van der Waals surface area contributed by atoms with E-state index < -0.39 is 23.8 Å². The van der Waals surface area contributed by atoms with Gasteiger partial charge in [0.1, 0.15) is 5.84 Å². The average Bonchev–Trinajstić information content (AvgIpc) is 3.49. The van der Waals surface area contributed by atoms with E-state index in [1.54, 1.807) is 48.5 Å². The molecule has 1 aliphatic rings. The van der Waals surface area contributed by atoms with Crippen LogP contribution in [0, 0.1) is 17.2 Å². The van der Waals surface area contributed by atoms with Crippen LogP contribution in [0.3, 0.4) is 0 Å². The molecule has 0 aromatic heterocycles. The third kappa shape index (κ3) is 5.19. The first-order valence-corrected chi connectivity index (χ1v) is 9.17. The summed E-state index contributed by atoms with van der Waals surface area (Å²) in [5.41, 5.74) is 7.21. The zero-order chi connectivity index (χ0) is 21.0. The zero-order valence-electron chi connectivity index (χ0n) is 15.6. The first kappa shape index (κ1) is 20.1. The highest BCUT2D eigenvalue weighted by Crippen LogP contribution is 2.40. The lowest BCUT2D eigenvalue weighted by Crippen LogP contribution is -2.32. The summed E-state index contributed by atoms with van der Waals surface area (Å²) in [6.45, 7) is 0. The fourth-order valence-corrected chi connectivity index (χ4v) is 3.13. The molecule has 3 rings (SSSR count). The molecule has 2 aromatic rings. The first-order chi connectivity index (χ1) is 13.8.